The molecule has 4 rings (SSSR count). The highest BCUT2D eigenvalue weighted by molar-refractivity contribution is 5.63. The van der Waals surface area contributed by atoms with Crippen molar-refractivity contribution >= 4 is 17.5 Å². The number of nitrogens with one attached hydrogen (secondary N) is 1. The van der Waals surface area contributed by atoms with Crippen molar-refractivity contribution in [3.63, 3.8) is 0 Å². The Morgan fingerprint density at radius 3 is 2.56 bits per heavy atom. The highest BCUT2D eigenvalue weighted by atomic mass is 16.5. The number of piperidine rings is 1. The maximum Gasteiger partial charge on any atom is 0.249 e. The van der Waals surface area contributed by atoms with Gasteiger partial charge in [-0.05, 0) is 43.0 Å². The third-order valence-electron chi connectivity index (χ3n) is 4.76. The smallest absolute Gasteiger partial charge is 0.249 e. The highest BCUT2D eigenvalue weighted by Gasteiger charge is 2.18. The number of aromatic nitrogens is 3. The minimum atomic E-state index is 0.468. The minimum Gasteiger partial charge on any atom is -0.455 e. The summed E-state index contributed by atoms with van der Waals surface area (Å²) >= 11 is 0. The Morgan fingerprint density at radius 2 is 1.74 bits per heavy atom. The zero-order valence-corrected chi connectivity index (χ0v) is 15.4. The van der Waals surface area contributed by atoms with Crippen molar-refractivity contribution < 1.29 is 4.74 Å². The fourth-order valence-corrected chi connectivity index (χ4v) is 3.13. The van der Waals surface area contributed by atoms with Gasteiger partial charge in [0.25, 0.3) is 0 Å². The number of ether oxygens (including phenoxy) is 1. The van der Waals surface area contributed by atoms with Crippen molar-refractivity contribution in [1.82, 2.24) is 15.2 Å². The molecule has 0 unspecified atom stereocenters. The van der Waals surface area contributed by atoms with Crippen molar-refractivity contribution in [1.29, 1.82) is 0 Å². The molecule has 6 heteroatoms. The largest absolute Gasteiger partial charge is 0.455 e. The van der Waals surface area contributed by atoms with Gasteiger partial charge in [-0.15, -0.1) is 5.10 Å². The van der Waals surface area contributed by atoms with Crippen molar-refractivity contribution in [2.24, 2.45) is 5.92 Å². The molecule has 0 spiro atoms. The third-order valence-corrected chi connectivity index (χ3v) is 4.76. The van der Waals surface area contributed by atoms with E-state index in [2.05, 4.69) is 32.3 Å². The van der Waals surface area contributed by atoms with Crippen LogP contribution in [-0.2, 0) is 0 Å². The average molecular weight is 361 g/mol. The first kappa shape index (κ1) is 17.3. The lowest BCUT2D eigenvalue weighted by Crippen LogP contribution is -2.33. The van der Waals surface area contributed by atoms with E-state index in [4.69, 9.17) is 4.74 Å². The molecular weight excluding hydrogens is 338 g/mol. The van der Waals surface area contributed by atoms with E-state index < -0.39 is 0 Å². The van der Waals surface area contributed by atoms with Gasteiger partial charge in [0.05, 0.1) is 11.9 Å². The number of hydrogen-bond acceptors (Lipinski definition) is 6. The summed E-state index contributed by atoms with van der Waals surface area (Å²) in [6.07, 6.45) is 4.09. The summed E-state index contributed by atoms with van der Waals surface area (Å²) in [7, 11) is 0. The normalized spacial score (nSPS) is 14.8. The molecule has 1 fully saturated rings. The summed E-state index contributed by atoms with van der Waals surface area (Å²) in [4.78, 5) is 6.92. The molecule has 0 bridgehead atoms. The van der Waals surface area contributed by atoms with Crippen LogP contribution in [0.5, 0.6) is 11.5 Å². The number of anilines is 3. The maximum absolute atomic E-state index is 5.99. The van der Waals surface area contributed by atoms with Gasteiger partial charge >= 0.3 is 0 Å². The molecule has 0 radical (unpaired) electrons. The van der Waals surface area contributed by atoms with E-state index in [-0.39, 0.29) is 0 Å². The first-order valence-electron chi connectivity index (χ1n) is 9.31. The predicted molar refractivity (Wildman–Crippen MR) is 107 cm³/mol. The Bertz CT molecular complexity index is 879. The molecule has 1 saturated heterocycles. The lowest BCUT2D eigenvalue weighted by Gasteiger charge is -2.30. The molecule has 1 aliphatic rings. The van der Waals surface area contributed by atoms with E-state index in [0.717, 1.165) is 36.3 Å². The molecule has 138 valence electrons. The Labute approximate surface area is 159 Å². The van der Waals surface area contributed by atoms with Crippen LogP contribution in [0, 0.1) is 5.92 Å². The van der Waals surface area contributed by atoms with Crippen LogP contribution in [0.4, 0.5) is 17.5 Å². The van der Waals surface area contributed by atoms with Gasteiger partial charge in [-0.2, -0.15) is 10.1 Å². The lowest BCUT2D eigenvalue weighted by atomic mass is 9.99. The van der Waals surface area contributed by atoms with Crippen LogP contribution in [0.25, 0.3) is 0 Å². The zero-order valence-electron chi connectivity index (χ0n) is 15.4. The van der Waals surface area contributed by atoms with E-state index >= 15 is 0 Å². The third kappa shape index (κ3) is 4.34. The summed E-state index contributed by atoms with van der Waals surface area (Å²) in [6, 6.07) is 17.4. The fourth-order valence-electron chi connectivity index (χ4n) is 3.13. The van der Waals surface area contributed by atoms with E-state index in [1.165, 1.54) is 12.8 Å². The molecule has 3 aromatic rings. The second-order valence-corrected chi connectivity index (χ2v) is 6.84. The van der Waals surface area contributed by atoms with E-state index in [1.54, 1.807) is 6.20 Å². The molecule has 1 aromatic heterocycles. The van der Waals surface area contributed by atoms with Gasteiger partial charge in [0.15, 0.2) is 11.6 Å². The van der Waals surface area contributed by atoms with Crippen LogP contribution in [-0.4, -0.2) is 28.3 Å². The van der Waals surface area contributed by atoms with Gasteiger partial charge in [-0.3, -0.25) is 0 Å². The SMILES string of the molecule is CC1CCN(c2cnnc(Nc3ccccc3Oc3ccccc3)n2)CC1. The number of para-hydroxylation sites is 3. The molecule has 2 heterocycles. The Kier molecular flexibility index (Phi) is 5.14. The average Bonchev–Trinajstić information content (AvgIpc) is 2.71. The molecule has 0 amide bonds. The van der Waals surface area contributed by atoms with E-state index in [9.17, 15) is 0 Å². The first-order valence-corrected chi connectivity index (χ1v) is 9.31. The van der Waals surface area contributed by atoms with Crippen molar-refractivity contribution in [3.8, 4) is 11.5 Å². The Morgan fingerprint density at radius 1 is 1.00 bits per heavy atom. The molecule has 1 aliphatic heterocycles. The predicted octanol–water partition coefficient (Wildman–Crippen LogP) is 4.64. The summed E-state index contributed by atoms with van der Waals surface area (Å²) in [5.74, 6) is 3.60. The van der Waals surface area contributed by atoms with E-state index in [1.807, 2.05) is 54.6 Å². The molecule has 2 aromatic carbocycles. The Hall–Kier alpha value is -3.15. The van der Waals surface area contributed by atoms with Crippen molar-refractivity contribution in [3.05, 3.63) is 60.8 Å². The van der Waals surface area contributed by atoms with Gasteiger partial charge in [0.2, 0.25) is 5.95 Å². The topological polar surface area (TPSA) is 63.2 Å². The molecule has 27 heavy (non-hydrogen) atoms. The zero-order chi connectivity index (χ0) is 18.5. The second-order valence-electron chi connectivity index (χ2n) is 6.84. The van der Waals surface area contributed by atoms with Gasteiger partial charge in [-0.1, -0.05) is 37.3 Å². The molecular formula is C21H23N5O. The van der Waals surface area contributed by atoms with Crippen molar-refractivity contribution in [2.45, 2.75) is 19.8 Å². The number of nitrogens with zero attached hydrogens (tertiary/aromatic N) is 4. The van der Waals surface area contributed by atoms with Crippen LogP contribution >= 0.6 is 0 Å². The molecule has 1 N–H and O–H groups in total. The summed E-state index contributed by atoms with van der Waals surface area (Å²) in [5.41, 5.74) is 0.799. The van der Waals surface area contributed by atoms with Crippen LogP contribution in [0.3, 0.4) is 0 Å². The van der Waals surface area contributed by atoms with Crippen LogP contribution < -0.4 is 15.0 Å². The van der Waals surface area contributed by atoms with Gasteiger partial charge in [0, 0.05) is 13.1 Å². The highest BCUT2D eigenvalue weighted by Crippen LogP contribution is 2.31. The number of hydrogen-bond donors (Lipinski definition) is 1. The fraction of sp³-hybridized carbons (Fsp3) is 0.286. The summed E-state index contributed by atoms with van der Waals surface area (Å²) in [6.45, 7) is 4.31. The minimum absolute atomic E-state index is 0.468. The first-order chi connectivity index (χ1) is 13.3. The number of rotatable bonds is 5. The summed E-state index contributed by atoms with van der Waals surface area (Å²) < 4.78 is 5.99. The monoisotopic (exact) mass is 361 g/mol. The van der Waals surface area contributed by atoms with Crippen LogP contribution in [0.1, 0.15) is 19.8 Å². The molecule has 0 atom stereocenters. The molecule has 0 saturated carbocycles. The quantitative estimate of drug-likeness (QED) is 0.714. The van der Waals surface area contributed by atoms with Crippen molar-refractivity contribution in [2.75, 3.05) is 23.3 Å². The molecule has 6 nitrogen and oxygen atoms in total. The second kappa shape index (κ2) is 8.03. The van der Waals surface area contributed by atoms with Gasteiger partial charge in [0.1, 0.15) is 5.75 Å². The van der Waals surface area contributed by atoms with Crippen LogP contribution in [0.15, 0.2) is 60.8 Å². The molecule has 0 aliphatic carbocycles. The van der Waals surface area contributed by atoms with Gasteiger partial charge in [-0.25, -0.2) is 0 Å². The van der Waals surface area contributed by atoms with Crippen LogP contribution in [0.2, 0.25) is 0 Å². The maximum atomic E-state index is 5.99. The summed E-state index contributed by atoms with van der Waals surface area (Å²) in [5, 5.41) is 11.5. The standard InChI is InChI=1S/C21H23N5O/c1-16-11-13-26(14-12-16)20-15-22-25-21(24-20)23-18-9-5-6-10-19(18)27-17-7-3-2-4-8-17/h2-10,15-16H,11-14H2,1H3,(H,23,24,25). The lowest BCUT2D eigenvalue weighted by molar-refractivity contribution is 0.436. The van der Waals surface area contributed by atoms with Gasteiger partial charge < -0.3 is 15.0 Å². The van der Waals surface area contributed by atoms with E-state index in [0.29, 0.717) is 11.7 Å². The number of benzene rings is 2. The Balaban J connectivity index is 1.52.